The van der Waals surface area contributed by atoms with Crippen molar-refractivity contribution in [3.63, 3.8) is 0 Å². The largest absolute Gasteiger partial charge is 0.494 e. The Balaban J connectivity index is 1.70. The summed E-state index contributed by atoms with van der Waals surface area (Å²) in [4.78, 5) is 0. The van der Waals surface area contributed by atoms with Crippen molar-refractivity contribution < 1.29 is 9.47 Å². The predicted molar refractivity (Wildman–Crippen MR) is 137 cm³/mol. The van der Waals surface area contributed by atoms with E-state index in [0.29, 0.717) is 23.4 Å². The van der Waals surface area contributed by atoms with Gasteiger partial charge in [0.2, 0.25) is 0 Å². The third-order valence-electron chi connectivity index (χ3n) is 4.45. The summed E-state index contributed by atoms with van der Waals surface area (Å²) in [7, 11) is 0. The monoisotopic (exact) mass is 460 g/mol. The average Bonchev–Trinajstić information content (AvgIpc) is 2.76. The minimum absolute atomic E-state index is 0.239. The van der Waals surface area contributed by atoms with Crippen molar-refractivity contribution in [1.29, 1.82) is 0 Å². The van der Waals surface area contributed by atoms with Gasteiger partial charge in [-0.05, 0) is 99.7 Å². The van der Waals surface area contributed by atoms with Crippen LogP contribution in [-0.4, -0.2) is 36.0 Å². The van der Waals surface area contributed by atoms with Gasteiger partial charge in [0.15, 0.2) is 10.2 Å². The first-order chi connectivity index (χ1) is 15.0. The molecule has 4 N–H and O–H groups in total. The number of hydrogen-bond donors (Lipinski definition) is 4. The lowest BCUT2D eigenvalue weighted by Crippen LogP contribution is -2.40. The molecule has 2 aromatic rings. The molecule has 0 fully saturated rings. The summed E-state index contributed by atoms with van der Waals surface area (Å²) in [6.07, 6.45) is 1.83. The normalized spacial score (nSPS) is 11.2. The van der Waals surface area contributed by atoms with Crippen LogP contribution in [-0.2, 0) is 0 Å². The molecule has 1 atom stereocenters. The summed E-state index contributed by atoms with van der Waals surface area (Å²) in [5, 5.41) is 14.2. The van der Waals surface area contributed by atoms with Crippen molar-refractivity contribution in [2.75, 3.05) is 30.4 Å². The Morgan fingerprint density at radius 3 is 1.71 bits per heavy atom. The van der Waals surface area contributed by atoms with Crippen LogP contribution in [0.5, 0.6) is 11.5 Å². The van der Waals surface area contributed by atoms with E-state index < -0.39 is 0 Å². The van der Waals surface area contributed by atoms with Gasteiger partial charge in [0.05, 0.1) is 13.2 Å². The SMILES string of the molecule is CCOc1ccc(NC(=S)NCC[C@@H](CC)NC(=S)Nc2ccc(OCC)cc2)cc1. The summed E-state index contributed by atoms with van der Waals surface area (Å²) < 4.78 is 10.9. The third kappa shape index (κ3) is 9.40. The smallest absolute Gasteiger partial charge is 0.170 e. The fraction of sp³-hybridized carbons (Fsp3) is 0.391. The zero-order chi connectivity index (χ0) is 22.5. The molecule has 2 rings (SSSR count). The maximum Gasteiger partial charge on any atom is 0.170 e. The van der Waals surface area contributed by atoms with Crippen molar-refractivity contribution in [3.05, 3.63) is 48.5 Å². The van der Waals surface area contributed by atoms with Gasteiger partial charge in [-0.25, -0.2) is 0 Å². The number of anilines is 2. The van der Waals surface area contributed by atoms with E-state index in [2.05, 4.69) is 28.2 Å². The molecule has 6 nitrogen and oxygen atoms in total. The van der Waals surface area contributed by atoms with Crippen LogP contribution in [0.15, 0.2) is 48.5 Å². The second-order valence-electron chi connectivity index (χ2n) is 6.79. The minimum atomic E-state index is 0.239. The van der Waals surface area contributed by atoms with Crippen LogP contribution in [0.3, 0.4) is 0 Å². The Hall–Kier alpha value is -2.58. The Kier molecular flexibility index (Phi) is 10.9. The van der Waals surface area contributed by atoms with Gasteiger partial charge in [0, 0.05) is 24.0 Å². The molecular formula is C23H32N4O2S2. The van der Waals surface area contributed by atoms with E-state index in [9.17, 15) is 0 Å². The van der Waals surface area contributed by atoms with E-state index in [-0.39, 0.29) is 6.04 Å². The lowest BCUT2D eigenvalue weighted by atomic mass is 10.1. The molecule has 0 aliphatic carbocycles. The Morgan fingerprint density at radius 1 is 0.774 bits per heavy atom. The van der Waals surface area contributed by atoms with E-state index in [1.54, 1.807) is 0 Å². The predicted octanol–water partition coefficient (Wildman–Crippen LogP) is 4.93. The van der Waals surface area contributed by atoms with Crippen LogP contribution < -0.4 is 30.7 Å². The number of hydrogen-bond acceptors (Lipinski definition) is 4. The fourth-order valence-corrected chi connectivity index (χ4v) is 3.37. The maximum absolute atomic E-state index is 5.46. The second-order valence-corrected chi connectivity index (χ2v) is 7.60. The van der Waals surface area contributed by atoms with Crippen molar-refractivity contribution in [1.82, 2.24) is 10.6 Å². The lowest BCUT2D eigenvalue weighted by molar-refractivity contribution is 0.340. The molecule has 0 saturated carbocycles. The molecule has 0 unspecified atom stereocenters. The molecule has 8 heteroatoms. The summed E-state index contributed by atoms with van der Waals surface area (Å²) in [6, 6.07) is 15.7. The van der Waals surface area contributed by atoms with E-state index >= 15 is 0 Å². The molecule has 0 aliphatic rings. The molecule has 2 aromatic carbocycles. The van der Waals surface area contributed by atoms with Gasteiger partial charge >= 0.3 is 0 Å². The molecule has 0 spiro atoms. The van der Waals surface area contributed by atoms with Crippen LogP contribution in [0, 0.1) is 0 Å². The van der Waals surface area contributed by atoms with Crippen LogP contribution in [0.2, 0.25) is 0 Å². The quantitative estimate of drug-likeness (QED) is 0.352. The van der Waals surface area contributed by atoms with Crippen LogP contribution >= 0.6 is 24.4 Å². The standard InChI is InChI=1S/C23H32N4O2S2/c1-4-17(25-23(31)27-19-9-13-21(14-10-19)29-6-3)15-16-24-22(30)26-18-7-11-20(12-8-18)28-5-2/h7-14,17H,4-6,15-16H2,1-3H3,(H2,24,26,30)(H2,25,27,31)/t17-/m1/s1. The van der Waals surface area contributed by atoms with Gasteiger partial charge < -0.3 is 30.7 Å². The van der Waals surface area contributed by atoms with Crippen molar-refractivity contribution in [2.24, 2.45) is 0 Å². The van der Waals surface area contributed by atoms with Gasteiger partial charge in [-0.3, -0.25) is 0 Å². The molecule has 0 heterocycles. The summed E-state index contributed by atoms with van der Waals surface area (Å²) in [6.45, 7) is 8.10. The molecule has 0 bridgehead atoms. The molecule has 0 amide bonds. The van der Waals surface area contributed by atoms with Crippen molar-refractivity contribution in [2.45, 2.75) is 39.7 Å². The fourth-order valence-electron chi connectivity index (χ4n) is 2.87. The highest BCUT2D eigenvalue weighted by atomic mass is 32.1. The topological polar surface area (TPSA) is 66.6 Å². The van der Waals surface area contributed by atoms with Gasteiger partial charge in [0.1, 0.15) is 11.5 Å². The first-order valence-corrected chi connectivity index (χ1v) is 11.4. The van der Waals surface area contributed by atoms with E-state index in [1.807, 2.05) is 62.4 Å². The molecule has 31 heavy (non-hydrogen) atoms. The van der Waals surface area contributed by atoms with Crippen molar-refractivity contribution >= 4 is 46.0 Å². The van der Waals surface area contributed by atoms with E-state index in [0.717, 1.165) is 42.3 Å². The number of thiocarbonyl (C=S) groups is 2. The zero-order valence-corrected chi connectivity index (χ0v) is 20.0. The van der Waals surface area contributed by atoms with E-state index in [4.69, 9.17) is 33.9 Å². The lowest BCUT2D eigenvalue weighted by Gasteiger charge is -2.20. The molecule has 0 aliphatic heterocycles. The minimum Gasteiger partial charge on any atom is -0.494 e. The summed E-state index contributed by atoms with van der Waals surface area (Å²) in [5.74, 6) is 1.69. The number of ether oxygens (including phenoxy) is 2. The van der Waals surface area contributed by atoms with Crippen LogP contribution in [0.25, 0.3) is 0 Å². The zero-order valence-electron chi connectivity index (χ0n) is 18.4. The molecule has 0 saturated heterocycles. The highest BCUT2D eigenvalue weighted by Crippen LogP contribution is 2.16. The summed E-state index contributed by atoms with van der Waals surface area (Å²) >= 11 is 10.8. The maximum atomic E-state index is 5.46. The number of benzene rings is 2. The first-order valence-electron chi connectivity index (χ1n) is 10.6. The van der Waals surface area contributed by atoms with Crippen LogP contribution in [0.4, 0.5) is 11.4 Å². The van der Waals surface area contributed by atoms with E-state index in [1.165, 1.54) is 0 Å². The van der Waals surface area contributed by atoms with Crippen LogP contribution in [0.1, 0.15) is 33.6 Å². The average molecular weight is 461 g/mol. The second kappa shape index (κ2) is 13.7. The highest BCUT2D eigenvalue weighted by Gasteiger charge is 2.09. The first kappa shape index (κ1) is 24.7. The molecule has 0 aromatic heterocycles. The molecule has 168 valence electrons. The third-order valence-corrected chi connectivity index (χ3v) is 4.92. The van der Waals surface area contributed by atoms with Crippen molar-refractivity contribution in [3.8, 4) is 11.5 Å². The molecular weight excluding hydrogens is 428 g/mol. The summed E-state index contributed by atoms with van der Waals surface area (Å²) in [5.41, 5.74) is 1.85. The Labute approximate surface area is 196 Å². The Morgan fingerprint density at radius 2 is 1.26 bits per heavy atom. The molecule has 0 radical (unpaired) electrons. The van der Waals surface area contributed by atoms with Gasteiger partial charge in [-0.2, -0.15) is 0 Å². The van der Waals surface area contributed by atoms with Gasteiger partial charge in [0.25, 0.3) is 0 Å². The van der Waals surface area contributed by atoms with Gasteiger partial charge in [-0.1, -0.05) is 6.92 Å². The Bertz CT molecular complexity index is 813. The number of rotatable bonds is 11. The highest BCUT2D eigenvalue weighted by molar-refractivity contribution is 7.80. The number of nitrogens with one attached hydrogen (secondary N) is 4. The van der Waals surface area contributed by atoms with Gasteiger partial charge in [-0.15, -0.1) is 0 Å².